The molecule has 1 aromatic carbocycles. The molecule has 0 spiro atoms. The molecule has 0 amide bonds. The van der Waals surface area contributed by atoms with Gasteiger partial charge in [0.2, 0.25) is 0 Å². The van der Waals surface area contributed by atoms with Crippen LogP contribution in [0.4, 0.5) is 0 Å². The van der Waals surface area contributed by atoms with Crippen molar-refractivity contribution in [2.75, 3.05) is 39.0 Å². The number of halogens is 1. The third-order valence-corrected chi connectivity index (χ3v) is 4.82. The van der Waals surface area contributed by atoms with Crippen molar-refractivity contribution in [2.24, 2.45) is 5.92 Å². The maximum absolute atomic E-state index is 6.19. The first-order valence-corrected chi connectivity index (χ1v) is 8.62. The van der Waals surface area contributed by atoms with Crippen LogP contribution in [0.3, 0.4) is 0 Å². The van der Waals surface area contributed by atoms with Crippen molar-refractivity contribution in [3.63, 3.8) is 0 Å². The van der Waals surface area contributed by atoms with Crippen LogP contribution in [-0.4, -0.2) is 43.9 Å². The maximum Gasteiger partial charge on any atom is 0.161 e. The molecule has 1 saturated heterocycles. The normalized spacial score (nSPS) is 24.5. The van der Waals surface area contributed by atoms with E-state index in [9.17, 15) is 0 Å². The minimum absolute atomic E-state index is 0.321. The zero-order valence-corrected chi connectivity index (χ0v) is 14.1. The molecule has 5 heteroatoms. The summed E-state index contributed by atoms with van der Waals surface area (Å²) in [5.41, 5.74) is 2.68. The lowest BCUT2D eigenvalue weighted by Gasteiger charge is -2.44. The number of ether oxygens (including phenoxy) is 3. The predicted octanol–water partition coefficient (Wildman–Crippen LogP) is 3.23. The van der Waals surface area contributed by atoms with E-state index in [4.69, 9.17) is 25.8 Å². The van der Waals surface area contributed by atoms with Gasteiger partial charge in [0.25, 0.3) is 0 Å². The highest BCUT2D eigenvalue weighted by molar-refractivity contribution is 6.18. The van der Waals surface area contributed by atoms with E-state index >= 15 is 0 Å². The van der Waals surface area contributed by atoms with Gasteiger partial charge in [-0.1, -0.05) is 0 Å². The molecular weight excluding hydrogens is 302 g/mol. The van der Waals surface area contributed by atoms with E-state index in [0.29, 0.717) is 37.8 Å². The molecule has 2 unspecified atom stereocenters. The smallest absolute Gasteiger partial charge is 0.161 e. The average Bonchev–Trinajstić information content (AvgIpc) is 2.55. The number of alkyl halides is 1. The minimum Gasteiger partial charge on any atom is -0.490 e. The van der Waals surface area contributed by atoms with Gasteiger partial charge >= 0.3 is 0 Å². The summed E-state index contributed by atoms with van der Waals surface area (Å²) in [5, 5.41) is 0. The number of fused-ring (bicyclic) bond motifs is 3. The average molecular weight is 326 g/mol. The Bertz CT molecular complexity index is 523. The molecular formula is C17H24ClNO3. The predicted molar refractivity (Wildman–Crippen MR) is 87.0 cm³/mol. The molecule has 0 aromatic heterocycles. The summed E-state index contributed by atoms with van der Waals surface area (Å²) >= 11 is 6.19. The Morgan fingerprint density at radius 3 is 2.64 bits per heavy atom. The third-order valence-electron chi connectivity index (χ3n) is 4.42. The van der Waals surface area contributed by atoms with Gasteiger partial charge in [-0.3, -0.25) is 4.90 Å². The number of nitrogens with zero attached hydrogens (tertiary/aromatic N) is 1. The van der Waals surface area contributed by atoms with Crippen LogP contribution in [0.15, 0.2) is 12.1 Å². The van der Waals surface area contributed by atoms with Crippen molar-refractivity contribution in [3.05, 3.63) is 23.3 Å². The van der Waals surface area contributed by atoms with Crippen LogP contribution in [0.1, 0.15) is 31.0 Å². The van der Waals surface area contributed by atoms with E-state index in [1.165, 1.54) is 11.1 Å². The standard InChI is InChI=1S/C17H24ClNO3/c1-3-21-15-7-12-5-6-19-11-20-10-13(9-18)17(19)14(12)8-16(15)22-4-2/h7-8,13,17H,3-6,9-11H2,1-2H3. The Labute approximate surface area is 137 Å². The van der Waals surface area contributed by atoms with Crippen LogP contribution in [0.5, 0.6) is 11.5 Å². The van der Waals surface area contributed by atoms with Crippen molar-refractivity contribution in [2.45, 2.75) is 26.3 Å². The Kier molecular flexibility index (Phi) is 5.11. The highest BCUT2D eigenvalue weighted by Gasteiger charge is 2.37. The Morgan fingerprint density at radius 1 is 1.23 bits per heavy atom. The van der Waals surface area contributed by atoms with E-state index < -0.39 is 0 Å². The highest BCUT2D eigenvalue weighted by Crippen LogP contribution is 2.43. The second-order valence-corrected chi connectivity index (χ2v) is 6.09. The molecule has 1 aromatic rings. The van der Waals surface area contributed by atoms with Gasteiger partial charge < -0.3 is 14.2 Å². The van der Waals surface area contributed by atoms with Crippen LogP contribution >= 0.6 is 11.6 Å². The number of hydrogen-bond donors (Lipinski definition) is 0. The molecule has 0 saturated carbocycles. The van der Waals surface area contributed by atoms with Crippen molar-refractivity contribution < 1.29 is 14.2 Å². The lowest BCUT2D eigenvalue weighted by Crippen LogP contribution is -2.46. The SMILES string of the molecule is CCOc1cc2c(cc1OCC)C1C(CCl)COCN1CC2. The van der Waals surface area contributed by atoms with Crippen LogP contribution in [-0.2, 0) is 11.2 Å². The lowest BCUT2D eigenvalue weighted by atomic mass is 9.85. The molecule has 2 aliphatic heterocycles. The second-order valence-electron chi connectivity index (χ2n) is 5.79. The first-order valence-electron chi connectivity index (χ1n) is 8.08. The van der Waals surface area contributed by atoms with E-state index in [1.54, 1.807) is 0 Å². The summed E-state index contributed by atoms with van der Waals surface area (Å²) in [6, 6.07) is 4.64. The van der Waals surface area contributed by atoms with Crippen molar-refractivity contribution in [1.82, 2.24) is 4.90 Å². The molecule has 0 aliphatic carbocycles. The van der Waals surface area contributed by atoms with Gasteiger partial charge in [0.15, 0.2) is 11.5 Å². The molecule has 0 bridgehead atoms. The first-order chi connectivity index (χ1) is 10.8. The van der Waals surface area contributed by atoms with Crippen LogP contribution in [0.25, 0.3) is 0 Å². The van der Waals surface area contributed by atoms with Gasteiger partial charge in [-0.25, -0.2) is 0 Å². The van der Waals surface area contributed by atoms with Gasteiger partial charge in [-0.15, -0.1) is 11.6 Å². The summed E-state index contributed by atoms with van der Waals surface area (Å²) < 4.78 is 17.2. The van der Waals surface area contributed by atoms with Crippen LogP contribution < -0.4 is 9.47 Å². The molecule has 2 heterocycles. The van der Waals surface area contributed by atoms with Gasteiger partial charge in [0, 0.05) is 24.4 Å². The fourth-order valence-electron chi connectivity index (χ4n) is 3.48. The monoisotopic (exact) mass is 325 g/mol. The summed E-state index contributed by atoms with van der Waals surface area (Å²) in [7, 11) is 0. The number of benzene rings is 1. The highest BCUT2D eigenvalue weighted by atomic mass is 35.5. The molecule has 122 valence electrons. The maximum atomic E-state index is 6.19. The first kappa shape index (κ1) is 15.9. The number of hydrogen-bond acceptors (Lipinski definition) is 4. The van der Waals surface area contributed by atoms with Crippen molar-refractivity contribution in [1.29, 1.82) is 0 Å². The lowest BCUT2D eigenvalue weighted by molar-refractivity contribution is -0.0827. The Balaban J connectivity index is 2.01. The summed E-state index contributed by atoms with van der Waals surface area (Å²) in [6.07, 6.45) is 1.01. The van der Waals surface area contributed by atoms with Gasteiger partial charge in [-0.2, -0.15) is 0 Å². The van der Waals surface area contributed by atoms with Crippen LogP contribution in [0.2, 0.25) is 0 Å². The van der Waals surface area contributed by atoms with Gasteiger partial charge in [0.05, 0.1) is 26.6 Å². The molecule has 3 rings (SSSR count). The molecule has 0 radical (unpaired) electrons. The zero-order valence-electron chi connectivity index (χ0n) is 13.3. The van der Waals surface area contributed by atoms with Crippen molar-refractivity contribution >= 4 is 11.6 Å². The topological polar surface area (TPSA) is 30.9 Å². The zero-order chi connectivity index (χ0) is 15.5. The van der Waals surface area contributed by atoms with E-state index in [0.717, 1.165) is 31.1 Å². The van der Waals surface area contributed by atoms with Gasteiger partial charge in [0.1, 0.15) is 0 Å². The quantitative estimate of drug-likeness (QED) is 0.778. The summed E-state index contributed by atoms with van der Waals surface area (Å²) in [4.78, 5) is 2.38. The molecule has 2 atom stereocenters. The fraction of sp³-hybridized carbons (Fsp3) is 0.647. The number of rotatable bonds is 5. The summed E-state index contributed by atoms with van der Waals surface area (Å²) in [6.45, 7) is 7.69. The van der Waals surface area contributed by atoms with Crippen molar-refractivity contribution in [3.8, 4) is 11.5 Å². The van der Waals surface area contributed by atoms with E-state index in [-0.39, 0.29) is 0 Å². The minimum atomic E-state index is 0.321. The molecule has 4 nitrogen and oxygen atoms in total. The fourth-order valence-corrected chi connectivity index (χ4v) is 3.74. The van der Waals surface area contributed by atoms with Gasteiger partial charge in [-0.05, 0) is 43.5 Å². The molecule has 22 heavy (non-hydrogen) atoms. The van der Waals surface area contributed by atoms with E-state index in [2.05, 4.69) is 17.0 Å². The second kappa shape index (κ2) is 7.07. The Morgan fingerprint density at radius 2 is 1.95 bits per heavy atom. The molecule has 1 fully saturated rings. The third kappa shape index (κ3) is 2.92. The van der Waals surface area contributed by atoms with Crippen LogP contribution in [0, 0.1) is 5.92 Å². The van der Waals surface area contributed by atoms with E-state index in [1.807, 2.05) is 13.8 Å². The largest absolute Gasteiger partial charge is 0.490 e. The Hall–Kier alpha value is -0.970. The molecule has 0 N–H and O–H groups in total. The molecule has 2 aliphatic rings. The summed E-state index contributed by atoms with van der Waals surface area (Å²) in [5.74, 6) is 2.62.